The second-order valence-electron chi connectivity index (χ2n) is 7.61. The Labute approximate surface area is 166 Å². The monoisotopic (exact) mass is 408 g/mol. The van der Waals surface area contributed by atoms with Crippen molar-refractivity contribution in [2.45, 2.75) is 52.1 Å². The molecule has 1 aromatic heterocycles. The minimum atomic E-state index is -3.08. The molecular weight excluding hydrogens is 380 g/mol. The van der Waals surface area contributed by atoms with E-state index in [2.05, 4.69) is 11.5 Å². The van der Waals surface area contributed by atoms with E-state index in [1.807, 2.05) is 13.0 Å². The van der Waals surface area contributed by atoms with Crippen LogP contribution in [0.2, 0.25) is 0 Å². The maximum absolute atomic E-state index is 12.4. The predicted molar refractivity (Wildman–Crippen MR) is 107 cm³/mol. The van der Waals surface area contributed by atoms with Crippen molar-refractivity contribution in [2.24, 2.45) is 0 Å². The van der Waals surface area contributed by atoms with Gasteiger partial charge in [-0.2, -0.15) is 0 Å². The fourth-order valence-electron chi connectivity index (χ4n) is 3.95. The quantitative estimate of drug-likeness (QED) is 0.509. The molecule has 1 aliphatic carbocycles. The van der Waals surface area contributed by atoms with Gasteiger partial charge in [0.1, 0.15) is 0 Å². The van der Waals surface area contributed by atoms with Crippen LogP contribution in [-0.4, -0.2) is 60.5 Å². The van der Waals surface area contributed by atoms with Gasteiger partial charge in [-0.1, -0.05) is 0 Å². The highest BCUT2D eigenvalue weighted by Crippen LogP contribution is 2.38. The molecule has 0 N–H and O–H groups in total. The summed E-state index contributed by atoms with van der Waals surface area (Å²) < 4.78 is 30.6. The molecule has 1 saturated heterocycles. The second-order valence-corrected chi connectivity index (χ2v) is 9.83. The van der Waals surface area contributed by atoms with E-state index in [9.17, 15) is 18.0 Å². The molecule has 2 aliphatic rings. The summed E-state index contributed by atoms with van der Waals surface area (Å²) >= 11 is 0. The summed E-state index contributed by atoms with van der Waals surface area (Å²) in [6.45, 7) is 5.89. The lowest BCUT2D eigenvalue weighted by Gasteiger charge is -2.26. The number of likely N-dealkylation sites (N-methyl/N-ethyl adjacent to an activating group) is 1. The van der Waals surface area contributed by atoms with E-state index in [1.54, 1.807) is 13.0 Å². The Morgan fingerprint density at radius 1 is 1.29 bits per heavy atom. The topological polar surface area (TPSA) is 85.7 Å². The van der Waals surface area contributed by atoms with Crippen molar-refractivity contribution in [1.82, 2.24) is 9.47 Å². The van der Waals surface area contributed by atoms with Crippen LogP contribution in [0, 0.1) is 13.8 Å². The zero-order valence-electron chi connectivity index (χ0n) is 16.7. The third kappa shape index (κ3) is 4.66. The fourth-order valence-corrected chi connectivity index (χ4v) is 5.68. The lowest BCUT2D eigenvalue weighted by Crippen LogP contribution is -2.43. The summed E-state index contributed by atoms with van der Waals surface area (Å²) in [7, 11) is -3.08. The van der Waals surface area contributed by atoms with Crippen LogP contribution in [0.5, 0.6) is 0 Å². The number of rotatable bonds is 7. The minimum Gasteiger partial charge on any atom is -0.452 e. The van der Waals surface area contributed by atoms with Crippen molar-refractivity contribution in [3.8, 4) is 0 Å². The number of esters is 1. The maximum atomic E-state index is 12.4. The van der Waals surface area contributed by atoms with E-state index in [0.717, 1.165) is 11.3 Å². The van der Waals surface area contributed by atoms with Crippen LogP contribution in [-0.2, 0) is 24.2 Å². The Bertz CT molecular complexity index is 896. The van der Waals surface area contributed by atoms with Crippen LogP contribution in [0.4, 0.5) is 0 Å². The summed E-state index contributed by atoms with van der Waals surface area (Å²) in [5.74, 6) is -0.863. The molecular formula is C20H28N2O5S. The molecule has 0 radical (unpaired) electrons. The van der Waals surface area contributed by atoms with Gasteiger partial charge in [-0.15, -0.1) is 0 Å². The standard InChI is InChI=1S/C20H28N2O5S/c1-4-21(18-9-10-28(25,26)13-18)19(23)12-27-20(24)8-5-16-11-14(2)22(15(16)3)17-6-7-17/h5,8,11,17-18H,4,6-7,9-10,12-13H2,1-3H3/b8-5+/t18-/m1/s1. The van der Waals surface area contributed by atoms with Gasteiger partial charge < -0.3 is 14.2 Å². The molecule has 0 aromatic carbocycles. The van der Waals surface area contributed by atoms with Gasteiger partial charge in [-0.05, 0) is 57.7 Å². The summed E-state index contributed by atoms with van der Waals surface area (Å²) in [6.07, 6.45) is 5.88. The molecule has 0 bridgehead atoms. The maximum Gasteiger partial charge on any atom is 0.331 e. The summed E-state index contributed by atoms with van der Waals surface area (Å²) in [5, 5.41) is 0. The number of aromatic nitrogens is 1. The van der Waals surface area contributed by atoms with E-state index in [4.69, 9.17) is 4.74 Å². The van der Waals surface area contributed by atoms with E-state index in [1.165, 1.54) is 29.5 Å². The summed E-state index contributed by atoms with van der Waals surface area (Å²) in [5.41, 5.74) is 3.27. The second kappa shape index (κ2) is 8.11. The number of aryl methyl sites for hydroxylation is 1. The largest absolute Gasteiger partial charge is 0.452 e. The SMILES string of the molecule is CCN(C(=O)COC(=O)/C=C/c1cc(C)n(C2CC2)c1C)[C@@H]1CCS(=O)(=O)C1. The molecule has 7 nitrogen and oxygen atoms in total. The third-order valence-electron chi connectivity index (χ3n) is 5.48. The van der Waals surface area contributed by atoms with Crippen LogP contribution in [0.1, 0.15) is 49.2 Å². The predicted octanol–water partition coefficient (Wildman–Crippen LogP) is 2.03. The van der Waals surface area contributed by atoms with Gasteiger partial charge >= 0.3 is 5.97 Å². The Balaban J connectivity index is 1.54. The van der Waals surface area contributed by atoms with Gasteiger partial charge in [-0.3, -0.25) is 4.79 Å². The number of nitrogens with zero attached hydrogens (tertiary/aromatic N) is 2. The first-order chi connectivity index (χ1) is 13.2. The molecule has 2 fully saturated rings. The lowest BCUT2D eigenvalue weighted by atomic mass is 10.2. The number of hydrogen-bond acceptors (Lipinski definition) is 5. The van der Waals surface area contributed by atoms with Crippen molar-refractivity contribution in [2.75, 3.05) is 24.7 Å². The molecule has 28 heavy (non-hydrogen) atoms. The molecule has 154 valence electrons. The van der Waals surface area contributed by atoms with E-state index < -0.39 is 15.8 Å². The molecule has 0 spiro atoms. The summed E-state index contributed by atoms with van der Waals surface area (Å²) in [4.78, 5) is 25.9. The highest BCUT2D eigenvalue weighted by atomic mass is 32.2. The normalized spacial score (nSPS) is 21.2. The number of amides is 1. The van der Waals surface area contributed by atoms with Gasteiger partial charge in [0.05, 0.1) is 11.5 Å². The molecule has 3 rings (SSSR count). The van der Waals surface area contributed by atoms with Gasteiger partial charge in [0.2, 0.25) is 0 Å². The Morgan fingerprint density at radius 2 is 2.00 bits per heavy atom. The third-order valence-corrected chi connectivity index (χ3v) is 7.23. The first-order valence-electron chi connectivity index (χ1n) is 9.75. The fraction of sp³-hybridized carbons (Fsp3) is 0.600. The Morgan fingerprint density at radius 3 is 2.57 bits per heavy atom. The van der Waals surface area contributed by atoms with Crippen molar-refractivity contribution in [1.29, 1.82) is 0 Å². The average molecular weight is 409 g/mol. The molecule has 1 aromatic rings. The number of sulfone groups is 1. The number of carbonyl (C=O) groups excluding carboxylic acids is 2. The van der Waals surface area contributed by atoms with Gasteiger partial charge in [-0.25, -0.2) is 13.2 Å². The molecule has 1 atom stereocenters. The highest BCUT2D eigenvalue weighted by Gasteiger charge is 2.34. The van der Waals surface area contributed by atoms with Crippen LogP contribution in [0.3, 0.4) is 0 Å². The van der Waals surface area contributed by atoms with Gasteiger partial charge in [0.25, 0.3) is 5.91 Å². The number of ether oxygens (including phenoxy) is 1. The van der Waals surface area contributed by atoms with E-state index in [0.29, 0.717) is 19.0 Å². The van der Waals surface area contributed by atoms with Gasteiger partial charge in [0.15, 0.2) is 16.4 Å². The molecule has 2 heterocycles. The van der Waals surface area contributed by atoms with E-state index in [-0.39, 0.29) is 30.1 Å². The first-order valence-corrected chi connectivity index (χ1v) is 11.6. The van der Waals surface area contributed by atoms with E-state index >= 15 is 0 Å². The van der Waals surface area contributed by atoms with Crippen LogP contribution < -0.4 is 0 Å². The van der Waals surface area contributed by atoms with Crippen molar-refractivity contribution < 1.29 is 22.7 Å². The van der Waals surface area contributed by atoms with Gasteiger partial charge in [0, 0.05) is 36.1 Å². The number of carbonyl (C=O) groups is 2. The highest BCUT2D eigenvalue weighted by molar-refractivity contribution is 7.91. The van der Waals surface area contributed by atoms with Crippen LogP contribution in [0.15, 0.2) is 12.1 Å². The number of hydrogen-bond donors (Lipinski definition) is 0. The average Bonchev–Trinajstić information content (AvgIpc) is 3.34. The first kappa shape index (κ1) is 20.6. The van der Waals surface area contributed by atoms with Crippen molar-refractivity contribution in [3.63, 3.8) is 0 Å². The smallest absolute Gasteiger partial charge is 0.331 e. The molecule has 1 aliphatic heterocycles. The minimum absolute atomic E-state index is 0.0168. The zero-order valence-corrected chi connectivity index (χ0v) is 17.5. The Kier molecular flexibility index (Phi) is 5.98. The molecule has 0 unspecified atom stereocenters. The zero-order chi connectivity index (χ0) is 20.5. The molecule has 1 saturated carbocycles. The summed E-state index contributed by atoms with van der Waals surface area (Å²) in [6, 6.07) is 2.29. The van der Waals surface area contributed by atoms with Crippen LogP contribution in [0.25, 0.3) is 6.08 Å². The van der Waals surface area contributed by atoms with Crippen molar-refractivity contribution >= 4 is 27.8 Å². The van der Waals surface area contributed by atoms with Crippen molar-refractivity contribution in [3.05, 3.63) is 29.1 Å². The Hall–Kier alpha value is -2.09. The van der Waals surface area contributed by atoms with Crippen LogP contribution >= 0.6 is 0 Å². The lowest BCUT2D eigenvalue weighted by molar-refractivity contribution is -0.149. The molecule has 8 heteroatoms. The molecule has 1 amide bonds.